The van der Waals surface area contributed by atoms with Gasteiger partial charge in [-0.25, -0.2) is 4.79 Å². The Hall–Kier alpha value is -4.93. The van der Waals surface area contributed by atoms with Crippen LogP contribution in [0.25, 0.3) is 0 Å². The number of carbonyl (C=O) groups excluding carboxylic acids is 6. The fraction of sp³-hybridized carbons (Fsp3) is 0.500. The van der Waals surface area contributed by atoms with Gasteiger partial charge in [-0.15, -0.1) is 0 Å². The molecule has 2 aromatic rings. The number of phenolic OH excluding ortho intramolecular Hbond substituents is 1. The SMILES string of the molecule is C[C@@H](O)[C@H](NC(=O)[C@H](CS)NC(=O)[C@@H](NC(=O)[C@H](CCCCN)NC(=O)[C@H](Cc1ccc(O)cc1)NC(=O)[C@H](CS)NC(=O)[C@@H](N)Cc1ccccc1)[C@@H](C)O)C(=O)O. The van der Waals surface area contributed by atoms with Crippen LogP contribution in [0.15, 0.2) is 54.6 Å². The van der Waals surface area contributed by atoms with Gasteiger partial charge in [0.1, 0.15) is 36.0 Å². The summed E-state index contributed by atoms with van der Waals surface area (Å²) in [4.78, 5) is 91.9. The van der Waals surface area contributed by atoms with Crippen LogP contribution >= 0.6 is 25.3 Å². The van der Waals surface area contributed by atoms with Crippen molar-refractivity contribution >= 4 is 66.7 Å². The first-order valence-electron chi connectivity index (χ1n) is 18.8. The minimum Gasteiger partial charge on any atom is -0.508 e. The Morgan fingerprint density at radius 2 is 1.05 bits per heavy atom. The number of carbonyl (C=O) groups is 7. The van der Waals surface area contributed by atoms with Crippen LogP contribution < -0.4 is 43.4 Å². The fourth-order valence-corrected chi connectivity index (χ4v) is 6.09. The van der Waals surface area contributed by atoms with E-state index in [2.05, 4.69) is 57.2 Å². The molecule has 0 saturated carbocycles. The van der Waals surface area contributed by atoms with Gasteiger partial charge in [-0.3, -0.25) is 28.8 Å². The summed E-state index contributed by atoms with van der Waals surface area (Å²) in [6, 6.07) is 4.96. The molecule has 14 N–H and O–H groups in total. The number of phenols is 1. The number of unbranched alkanes of at least 4 members (excludes halogenated alkanes) is 1. The van der Waals surface area contributed by atoms with E-state index in [0.717, 1.165) is 12.5 Å². The Morgan fingerprint density at radius 3 is 1.58 bits per heavy atom. The van der Waals surface area contributed by atoms with Gasteiger partial charge in [-0.1, -0.05) is 42.5 Å². The number of aliphatic carboxylic acids is 1. The second-order valence-electron chi connectivity index (χ2n) is 13.9. The van der Waals surface area contributed by atoms with Gasteiger partial charge in [0.15, 0.2) is 6.04 Å². The molecule has 0 fully saturated rings. The van der Waals surface area contributed by atoms with Crippen LogP contribution in [0.1, 0.15) is 44.2 Å². The van der Waals surface area contributed by atoms with E-state index >= 15 is 0 Å². The molecule has 0 aliphatic heterocycles. The Labute approximate surface area is 353 Å². The van der Waals surface area contributed by atoms with Crippen LogP contribution in [0.3, 0.4) is 0 Å². The summed E-state index contributed by atoms with van der Waals surface area (Å²) in [7, 11) is 0. The van der Waals surface area contributed by atoms with Crippen LogP contribution in [0.5, 0.6) is 5.75 Å². The summed E-state index contributed by atoms with van der Waals surface area (Å²) in [6.45, 7) is 2.57. The number of carboxylic acid groups (broad SMARTS) is 1. The number of nitrogens with two attached hydrogens (primary N) is 2. The van der Waals surface area contributed by atoms with Gasteiger partial charge in [0.2, 0.25) is 35.4 Å². The molecule has 9 atom stereocenters. The molecule has 0 unspecified atom stereocenters. The zero-order valence-corrected chi connectivity index (χ0v) is 34.5. The quantitative estimate of drug-likeness (QED) is 0.0356. The maximum atomic E-state index is 14.0. The van der Waals surface area contributed by atoms with Gasteiger partial charge in [0.25, 0.3) is 0 Å². The molecule has 0 bridgehead atoms. The van der Waals surface area contributed by atoms with Crippen LogP contribution in [-0.2, 0) is 46.4 Å². The van der Waals surface area contributed by atoms with Crippen molar-refractivity contribution in [2.45, 2.75) is 100 Å². The van der Waals surface area contributed by atoms with E-state index in [1.165, 1.54) is 31.2 Å². The van der Waals surface area contributed by atoms with Crippen molar-refractivity contribution in [3.63, 3.8) is 0 Å². The molecular weight excluding hydrogens is 809 g/mol. The number of thiol groups is 2. The number of carboxylic acids is 1. The number of hydrogen-bond donors (Lipinski definition) is 14. The molecule has 0 saturated heterocycles. The van der Waals surface area contributed by atoms with E-state index in [9.17, 15) is 54.0 Å². The average molecular weight is 865 g/mol. The molecule has 326 valence electrons. The Morgan fingerprint density at radius 1 is 0.593 bits per heavy atom. The molecule has 2 rings (SSSR count). The Kier molecular flexibility index (Phi) is 21.7. The van der Waals surface area contributed by atoms with Gasteiger partial charge in [0.05, 0.1) is 18.2 Å². The monoisotopic (exact) mass is 864 g/mol. The third-order valence-electron chi connectivity index (χ3n) is 8.96. The van der Waals surface area contributed by atoms with E-state index < -0.39 is 95.9 Å². The number of benzene rings is 2. The summed E-state index contributed by atoms with van der Waals surface area (Å²) < 4.78 is 0. The van der Waals surface area contributed by atoms with Crippen molar-refractivity contribution in [2.75, 3.05) is 18.1 Å². The molecule has 0 spiro atoms. The molecule has 0 aliphatic carbocycles. The molecule has 0 aliphatic rings. The van der Waals surface area contributed by atoms with E-state index in [1.54, 1.807) is 24.3 Å². The standard InChI is InChI=1S/C38H56N8O11S2/c1-20(47)30(37(55)44-29(19-59)36(54)46-31(21(2)48)38(56)57)45-33(51)26(10-6-7-15-39)41-34(52)27(17-23-11-13-24(49)14-12-23)42-35(53)28(18-58)43-32(50)25(40)16-22-8-4-3-5-9-22/h3-5,8-9,11-14,20-21,25-31,47-49,58-59H,6-7,10,15-19,39-40H2,1-2H3,(H,41,52)(H,42,53)(H,43,50)(H,44,55)(H,45,51)(H,46,54)(H,56,57)/t20-,21-,25+,26+,27+,28+,29+,30+,31+/m1/s1. The second kappa shape index (κ2) is 25.5. The predicted molar refractivity (Wildman–Crippen MR) is 223 cm³/mol. The predicted octanol–water partition coefficient (Wildman–Crippen LogP) is -2.75. The van der Waals surface area contributed by atoms with Gasteiger partial charge < -0.3 is 63.8 Å². The first-order chi connectivity index (χ1) is 27.9. The fourth-order valence-electron chi connectivity index (χ4n) is 5.57. The minimum absolute atomic E-state index is 0.00495. The van der Waals surface area contributed by atoms with Crippen LogP contribution in [-0.4, -0.2) is 134 Å². The molecule has 59 heavy (non-hydrogen) atoms. The Balaban J connectivity index is 2.31. The third kappa shape index (κ3) is 17.1. The number of rotatable bonds is 25. The molecule has 6 amide bonds. The molecule has 19 nitrogen and oxygen atoms in total. The van der Waals surface area contributed by atoms with Gasteiger partial charge in [-0.2, -0.15) is 25.3 Å². The summed E-state index contributed by atoms with van der Waals surface area (Å²) in [5.74, 6) is -7.37. The number of hydrogen-bond acceptors (Lipinski definition) is 14. The molecule has 0 aromatic heterocycles. The van der Waals surface area contributed by atoms with E-state index in [-0.39, 0.29) is 43.1 Å². The van der Waals surface area contributed by atoms with Crippen molar-refractivity contribution < 1.29 is 54.0 Å². The number of aliphatic hydroxyl groups excluding tert-OH is 2. The maximum absolute atomic E-state index is 14.0. The van der Waals surface area contributed by atoms with Crippen molar-refractivity contribution in [3.05, 3.63) is 65.7 Å². The highest BCUT2D eigenvalue weighted by molar-refractivity contribution is 7.80. The normalized spacial score (nSPS) is 15.7. The van der Waals surface area contributed by atoms with E-state index in [0.29, 0.717) is 18.4 Å². The first-order valence-corrected chi connectivity index (χ1v) is 20.1. The zero-order valence-electron chi connectivity index (χ0n) is 32.7. The van der Waals surface area contributed by atoms with E-state index in [4.69, 9.17) is 11.5 Å². The van der Waals surface area contributed by atoms with Crippen LogP contribution in [0.4, 0.5) is 0 Å². The highest BCUT2D eigenvalue weighted by Crippen LogP contribution is 2.13. The number of aliphatic hydroxyl groups is 2. The van der Waals surface area contributed by atoms with E-state index in [1.807, 2.05) is 6.07 Å². The van der Waals surface area contributed by atoms with Crippen molar-refractivity contribution in [1.82, 2.24) is 31.9 Å². The van der Waals surface area contributed by atoms with Crippen molar-refractivity contribution in [2.24, 2.45) is 11.5 Å². The number of amides is 6. The van der Waals surface area contributed by atoms with Crippen LogP contribution in [0.2, 0.25) is 0 Å². The van der Waals surface area contributed by atoms with Gasteiger partial charge in [-0.05, 0) is 69.3 Å². The minimum atomic E-state index is -1.71. The lowest BCUT2D eigenvalue weighted by Crippen LogP contribution is -2.62. The Bertz CT molecular complexity index is 1710. The van der Waals surface area contributed by atoms with Crippen molar-refractivity contribution in [1.29, 1.82) is 0 Å². The molecule has 2 aromatic carbocycles. The summed E-state index contributed by atoms with van der Waals surface area (Å²) in [6.07, 6.45) is -2.24. The second-order valence-corrected chi connectivity index (χ2v) is 14.6. The van der Waals surface area contributed by atoms with Crippen molar-refractivity contribution in [3.8, 4) is 5.75 Å². The number of aromatic hydroxyl groups is 1. The first kappa shape index (κ1) is 50.2. The third-order valence-corrected chi connectivity index (χ3v) is 9.69. The zero-order chi connectivity index (χ0) is 44.2. The molecule has 21 heteroatoms. The lowest BCUT2D eigenvalue weighted by molar-refractivity contribution is -0.145. The summed E-state index contributed by atoms with van der Waals surface area (Å²) in [5.41, 5.74) is 13.1. The smallest absolute Gasteiger partial charge is 0.328 e. The molecular formula is C38H56N8O11S2. The average Bonchev–Trinajstić information content (AvgIpc) is 3.19. The summed E-state index contributed by atoms with van der Waals surface area (Å²) >= 11 is 8.27. The lowest BCUT2D eigenvalue weighted by atomic mass is 10.0. The topological polar surface area (TPSA) is 325 Å². The van der Waals surface area contributed by atoms with Gasteiger partial charge in [0, 0.05) is 17.9 Å². The van der Waals surface area contributed by atoms with Crippen LogP contribution in [0, 0.1) is 0 Å². The largest absolute Gasteiger partial charge is 0.508 e. The highest BCUT2D eigenvalue weighted by atomic mass is 32.1. The lowest BCUT2D eigenvalue weighted by Gasteiger charge is -2.28. The summed E-state index contributed by atoms with van der Waals surface area (Å²) in [5, 5.41) is 53.9. The molecule has 0 heterocycles. The highest BCUT2D eigenvalue weighted by Gasteiger charge is 2.35. The maximum Gasteiger partial charge on any atom is 0.328 e. The molecule has 0 radical (unpaired) electrons. The van der Waals surface area contributed by atoms with Gasteiger partial charge >= 0.3 is 5.97 Å². The number of nitrogens with one attached hydrogen (secondary N) is 6.